The zero-order valence-electron chi connectivity index (χ0n) is 11.9. The summed E-state index contributed by atoms with van der Waals surface area (Å²) in [6, 6.07) is 9.14. The number of benzene rings is 1. The lowest BCUT2D eigenvalue weighted by atomic mass is 10.0. The van der Waals surface area contributed by atoms with Crippen LogP contribution >= 0.6 is 0 Å². The highest BCUT2D eigenvalue weighted by Crippen LogP contribution is 2.12. The quantitative estimate of drug-likeness (QED) is 0.771. The molecule has 0 saturated heterocycles. The minimum atomic E-state index is -1.09. The molecule has 0 bridgehead atoms. The summed E-state index contributed by atoms with van der Waals surface area (Å²) in [6.07, 6.45) is 2.51. The number of carbonyl (C=O) groups is 1. The van der Waals surface area contributed by atoms with E-state index in [9.17, 15) is 9.90 Å². The number of para-hydroxylation sites is 1. The second-order valence-electron chi connectivity index (χ2n) is 5.25. The molecule has 2 N–H and O–H groups in total. The number of aliphatic hydroxyl groups excluding tert-OH is 1. The molecule has 1 atom stereocenters. The SMILES string of the molecule is C/C(=C\[C@@H](O)C(=O)Nc1ccccc1)CCC(C)C. The van der Waals surface area contributed by atoms with Crippen molar-refractivity contribution in [3.05, 3.63) is 42.0 Å². The van der Waals surface area contributed by atoms with Gasteiger partial charge in [0, 0.05) is 5.69 Å². The van der Waals surface area contributed by atoms with E-state index in [1.807, 2.05) is 25.1 Å². The van der Waals surface area contributed by atoms with Gasteiger partial charge >= 0.3 is 0 Å². The fourth-order valence-corrected chi connectivity index (χ4v) is 1.68. The van der Waals surface area contributed by atoms with Gasteiger partial charge in [-0.1, -0.05) is 37.6 Å². The fourth-order valence-electron chi connectivity index (χ4n) is 1.68. The van der Waals surface area contributed by atoms with Gasteiger partial charge in [-0.05, 0) is 43.9 Å². The summed E-state index contributed by atoms with van der Waals surface area (Å²) in [6.45, 7) is 6.26. The first-order chi connectivity index (χ1) is 8.99. The van der Waals surface area contributed by atoms with Gasteiger partial charge in [-0.2, -0.15) is 0 Å². The van der Waals surface area contributed by atoms with Gasteiger partial charge in [-0.15, -0.1) is 0 Å². The van der Waals surface area contributed by atoms with E-state index in [1.54, 1.807) is 18.2 Å². The monoisotopic (exact) mass is 261 g/mol. The number of hydrogen-bond acceptors (Lipinski definition) is 2. The van der Waals surface area contributed by atoms with Crippen LogP contribution in [-0.2, 0) is 4.79 Å². The van der Waals surface area contributed by atoms with E-state index in [4.69, 9.17) is 0 Å². The molecular weight excluding hydrogens is 238 g/mol. The van der Waals surface area contributed by atoms with Crippen LogP contribution in [0.3, 0.4) is 0 Å². The Balaban J connectivity index is 2.50. The molecule has 0 saturated carbocycles. The Labute approximate surface area is 115 Å². The van der Waals surface area contributed by atoms with Crippen molar-refractivity contribution in [3.8, 4) is 0 Å². The molecule has 1 amide bonds. The molecule has 0 aliphatic rings. The second kappa shape index (κ2) is 7.74. The highest BCUT2D eigenvalue weighted by atomic mass is 16.3. The van der Waals surface area contributed by atoms with E-state index in [0.717, 1.165) is 18.4 Å². The number of nitrogens with one attached hydrogen (secondary N) is 1. The van der Waals surface area contributed by atoms with Crippen molar-refractivity contribution in [2.24, 2.45) is 5.92 Å². The van der Waals surface area contributed by atoms with Crippen molar-refractivity contribution in [2.75, 3.05) is 5.32 Å². The molecule has 1 rings (SSSR count). The highest BCUT2D eigenvalue weighted by Gasteiger charge is 2.12. The molecular formula is C16H23NO2. The molecule has 104 valence electrons. The molecule has 0 aliphatic carbocycles. The van der Waals surface area contributed by atoms with Gasteiger partial charge in [0.2, 0.25) is 0 Å². The predicted molar refractivity (Wildman–Crippen MR) is 78.9 cm³/mol. The summed E-state index contributed by atoms with van der Waals surface area (Å²) in [5.41, 5.74) is 1.74. The Morgan fingerprint density at radius 1 is 1.32 bits per heavy atom. The molecule has 0 fully saturated rings. The smallest absolute Gasteiger partial charge is 0.257 e. The molecule has 0 radical (unpaired) electrons. The Kier molecular flexibility index (Phi) is 6.30. The minimum absolute atomic E-state index is 0.393. The van der Waals surface area contributed by atoms with Gasteiger partial charge < -0.3 is 10.4 Å². The van der Waals surface area contributed by atoms with Crippen molar-refractivity contribution in [2.45, 2.75) is 39.7 Å². The van der Waals surface area contributed by atoms with Gasteiger partial charge in [-0.25, -0.2) is 0 Å². The maximum absolute atomic E-state index is 11.8. The van der Waals surface area contributed by atoms with E-state index >= 15 is 0 Å². The van der Waals surface area contributed by atoms with Gasteiger partial charge in [0.25, 0.3) is 5.91 Å². The average Bonchev–Trinajstić information content (AvgIpc) is 2.37. The van der Waals surface area contributed by atoms with E-state index < -0.39 is 12.0 Å². The van der Waals surface area contributed by atoms with Gasteiger partial charge in [0.1, 0.15) is 0 Å². The van der Waals surface area contributed by atoms with Crippen molar-refractivity contribution in [1.29, 1.82) is 0 Å². The molecule has 19 heavy (non-hydrogen) atoms. The first-order valence-electron chi connectivity index (χ1n) is 6.70. The summed E-state index contributed by atoms with van der Waals surface area (Å²) in [5, 5.41) is 12.5. The third-order valence-electron chi connectivity index (χ3n) is 2.87. The number of anilines is 1. The highest BCUT2D eigenvalue weighted by molar-refractivity contribution is 5.95. The molecule has 0 unspecified atom stereocenters. The number of amides is 1. The van der Waals surface area contributed by atoms with Crippen LogP contribution in [0.2, 0.25) is 0 Å². The number of aliphatic hydroxyl groups is 1. The maximum Gasteiger partial charge on any atom is 0.257 e. The molecule has 0 spiro atoms. The molecule has 0 aliphatic heterocycles. The van der Waals surface area contributed by atoms with Gasteiger partial charge in [0.15, 0.2) is 6.10 Å². The summed E-state index contributed by atoms with van der Waals surface area (Å²) >= 11 is 0. The zero-order chi connectivity index (χ0) is 14.3. The molecule has 0 heterocycles. The van der Waals surface area contributed by atoms with E-state index in [-0.39, 0.29) is 0 Å². The lowest BCUT2D eigenvalue weighted by Crippen LogP contribution is -2.26. The topological polar surface area (TPSA) is 49.3 Å². The molecule has 3 heteroatoms. The fraction of sp³-hybridized carbons (Fsp3) is 0.438. The third kappa shape index (κ3) is 6.20. The van der Waals surface area contributed by atoms with Crippen molar-refractivity contribution < 1.29 is 9.90 Å². The summed E-state index contributed by atoms with van der Waals surface area (Å²) in [7, 11) is 0. The van der Waals surface area contributed by atoms with E-state index in [2.05, 4.69) is 19.2 Å². The second-order valence-corrected chi connectivity index (χ2v) is 5.25. The molecule has 1 aromatic carbocycles. The number of carbonyl (C=O) groups excluding carboxylic acids is 1. The van der Waals surface area contributed by atoms with Crippen LogP contribution in [0, 0.1) is 5.92 Å². The normalized spacial score (nSPS) is 13.4. The molecule has 1 aromatic rings. The van der Waals surface area contributed by atoms with Gasteiger partial charge in [0.05, 0.1) is 0 Å². The summed E-state index contributed by atoms with van der Waals surface area (Å²) in [4.78, 5) is 11.8. The van der Waals surface area contributed by atoms with Crippen molar-refractivity contribution >= 4 is 11.6 Å². The van der Waals surface area contributed by atoms with Crippen LogP contribution in [0.5, 0.6) is 0 Å². The van der Waals surface area contributed by atoms with E-state index in [0.29, 0.717) is 11.6 Å². The van der Waals surface area contributed by atoms with Gasteiger partial charge in [-0.3, -0.25) is 4.79 Å². The largest absolute Gasteiger partial charge is 0.379 e. The first-order valence-corrected chi connectivity index (χ1v) is 6.70. The van der Waals surface area contributed by atoms with Crippen LogP contribution < -0.4 is 5.32 Å². The lowest BCUT2D eigenvalue weighted by Gasteiger charge is -2.10. The number of rotatable bonds is 6. The maximum atomic E-state index is 11.8. The Hall–Kier alpha value is -1.61. The van der Waals surface area contributed by atoms with Crippen molar-refractivity contribution in [3.63, 3.8) is 0 Å². The number of hydrogen-bond donors (Lipinski definition) is 2. The van der Waals surface area contributed by atoms with Crippen LogP contribution in [0.15, 0.2) is 42.0 Å². The average molecular weight is 261 g/mol. The Bertz CT molecular complexity index is 424. The Morgan fingerprint density at radius 3 is 2.53 bits per heavy atom. The van der Waals surface area contributed by atoms with Crippen LogP contribution in [0.25, 0.3) is 0 Å². The Morgan fingerprint density at radius 2 is 1.95 bits per heavy atom. The summed E-state index contributed by atoms with van der Waals surface area (Å²) < 4.78 is 0. The number of allylic oxidation sites excluding steroid dienone is 1. The van der Waals surface area contributed by atoms with Crippen LogP contribution in [0.1, 0.15) is 33.6 Å². The predicted octanol–water partition coefficient (Wildman–Crippen LogP) is 3.37. The first kappa shape index (κ1) is 15.4. The molecule has 0 aromatic heterocycles. The minimum Gasteiger partial charge on any atom is -0.379 e. The standard InChI is InChI=1S/C16H23NO2/c1-12(2)9-10-13(3)11-15(18)16(19)17-14-7-5-4-6-8-14/h4-8,11-12,15,18H,9-10H2,1-3H3,(H,17,19)/b13-11+/t15-/m1/s1. The summed E-state index contributed by atoms with van der Waals surface area (Å²) in [5.74, 6) is 0.230. The lowest BCUT2D eigenvalue weighted by molar-refractivity contribution is -0.121. The van der Waals surface area contributed by atoms with Crippen molar-refractivity contribution in [1.82, 2.24) is 0 Å². The molecule has 3 nitrogen and oxygen atoms in total. The van der Waals surface area contributed by atoms with Crippen LogP contribution in [0.4, 0.5) is 5.69 Å². The van der Waals surface area contributed by atoms with Crippen LogP contribution in [-0.4, -0.2) is 17.1 Å². The van der Waals surface area contributed by atoms with E-state index in [1.165, 1.54) is 0 Å². The third-order valence-corrected chi connectivity index (χ3v) is 2.87. The zero-order valence-corrected chi connectivity index (χ0v) is 11.9.